The van der Waals surface area contributed by atoms with Crippen LogP contribution in [0.5, 0.6) is 0 Å². The van der Waals surface area contributed by atoms with Crippen molar-refractivity contribution in [2.24, 2.45) is 0 Å². The summed E-state index contributed by atoms with van der Waals surface area (Å²) in [5, 5.41) is 8.57. The molecule has 0 saturated heterocycles. The normalized spacial score (nSPS) is 13.1. The molecule has 0 N–H and O–H groups in total. The van der Waals surface area contributed by atoms with E-state index in [2.05, 4.69) is 229 Å². The van der Waals surface area contributed by atoms with Crippen LogP contribution in [0.15, 0.2) is 213 Å². The molecule has 12 rings (SSSR count). The Balaban J connectivity index is 1.18. The minimum absolute atomic E-state index is 0.649. The Morgan fingerprint density at radius 3 is 1.90 bits per heavy atom. The van der Waals surface area contributed by atoms with Gasteiger partial charge in [-0.05, 0) is 116 Å². The van der Waals surface area contributed by atoms with E-state index in [0.717, 1.165) is 17.1 Å². The maximum atomic E-state index is 4.00. The molecule has 1 aliphatic rings. The molecule has 0 bridgehead atoms. The summed E-state index contributed by atoms with van der Waals surface area (Å²) in [4.78, 5) is 3.76. The van der Waals surface area contributed by atoms with Crippen molar-refractivity contribution in [1.82, 2.24) is 4.57 Å². The number of hydrogen-bond donors (Lipinski definition) is 0. The van der Waals surface area contributed by atoms with E-state index in [0.29, 0.717) is 0 Å². The topological polar surface area (TPSA) is 8.17 Å². The number of aryl methyl sites for hydroxylation is 1. The number of benzene rings is 9. The molecule has 2 heterocycles. The summed E-state index contributed by atoms with van der Waals surface area (Å²) in [6.07, 6.45) is 6.13. The molecule has 9 aromatic carbocycles. The van der Waals surface area contributed by atoms with Crippen LogP contribution in [-0.2, 0) is 5.54 Å². The monoisotopic (exact) mass is 796 g/mol. The van der Waals surface area contributed by atoms with Crippen LogP contribution in [-0.4, -0.2) is 4.57 Å². The van der Waals surface area contributed by atoms with Gasteiger partial charge < -0.3 is 9.47 Å². The number of thiophene rings is 1. The van der Waals surface area contributed by atoms with Crippen molar-refractivity contribution in [3.05, 3.63) is 240 Å². The van der Waals surface area contributed by atoms with Gasteiger partial charge in [0.05, 0.1) is 16.7 Å². The van der Waals surface area contributed by atoms with Crippen molar-refractivity contribution in [3.63, 3.8) is 0 Å². The van der Waals surface area contributed by atoms with Gasteiger partial charge in [-0.15, -0.1) is 11.3 Å². The summed E-state index contributed by atoms with van der Waals surface area (Å²) < 4.78 is 3.91. The number of aromatic nitrogens is 1. The summed E-state index contributed by atoms with van der Waals surface area (Å²) in [6, 6.07) is 72.3. The minimum atomic E-state index is -0.649. The lowest BCUT2D eigenvalue weighted by Crippen LogP contribution is -2.35. The fourth-order valence-electron chi connectivity index (χ4n) is 10.3. The third kappa shape index (κ3) is 5.21. The van der Waals surface area contributed by atoms with Gasteiger partial charge in [-0.2, -0.15) is 0 Å². The van der Waals surface area contributed by atoms with Crippen molar-refractivity contribution in [2.45, 2.75) is 12.5 Å². The first-order valence-corrected chi connectivity index (χ1v) is 21.8. The number of allylic oxidation sites excluding steroid dienone is 2. The average Bonchev–Trinajstić information content (AvgIpc) is 3.93. The molecule has 0 spiro atoms. The Kier molecular flexibility index (Phi) is 8.03. The summed E-state index contributed by atoms with van der Waals surface area (Å²) >= 11 is 1.85. The maximum absolute atomic E-state index is 4.00. The molecule has 0 unspecified atom stereocenters. The molecule has 0 saturated carbocycles. The van der Waals surface area contributed by atoms with Gasteiger partial charge in [-0.25, -0.2) is 0 Å². The van der Waals surface area contributed by atoms with Crippen LogP contribution < -0.4 is 4.90 Å². The highest BCUT2D eigenvalue weighted by atomic mass is 32.1. The molecule has 1 aliphatic carbocycles. The van der Waals surface area contributed by atoms with Crippen molar-refractivity contribution >= 4 is 87.9 Å². The first-order chi connectivity index (χ1) is 30.1. The molecule has 0 atom stereocenters. The summed E-state index contributed by atoms with van der Waals surface area (Å²) in [6.45, 7) is 6.23. The highest BCUT2D eigenvalue weighted by Crippen LogP contribution is 2.56. The Morgan fingerprint density at radius 1 is 0.541 bits per heavy atom. The molecule has 288 valence electrons. The highest BCUT2D eigenvalue weighted by molar-refractivity contribution is 7.19. The van der Waals surface area contributed by atoms with E-state index in [1.54, 1.807) is 0 Å². The van der Waals surface area contributed by atoms with Gasteiger partial charge in [-0.3, -0.25) is 0 Å². The molecule has 11 aromatic rings. The summed E-state index contributed by atoms with van der Waals surface area (Å²) in [5.74, 6) is 0. The zero-order valence-corrected chi connectivity index (χ0v) is 34.5. The average molecular weight is 797 g/mol. The van der Waals surface area contributed by atoms with Crippen LogP contribution in [0.3, 0.4) is 0 Å². The Bertz CT molecular complexity index is 3550. The lowest BCUT2D eigenvalue weighted by atomic mass is 9.79. The maximum Gasteiger partial charge on any atom is 0.122 e. The second kappa shape index (κ2) is 13.8. The summed E-state index contributed by atoms with van der Waals surface area (Å²) in [5.41, 5.74) is 12.7. The summed E-state index contributed by atoms with van der Waals surface area (Å²) in [7, 11) is 0. The van der Waals surface area contributed by atoms with Gasteiger partial charge in [0.15, 0.2) is 0 Å². The van der Waals surface area contributed by atoms with Crippen molar-refractivity contribution in [1.29, 1.82) is 0 Å². The van der Waals surface area contributed by atoms with Crippen molar-refractivity contribution in [2.75, 3.05) is 4.90 Å². The van der Waals surface area contributed by atoms with Crippen molar-refractivity contribution in [3.8, 4) is 11.1 Å². The van der Waals surface area contributed by atoms with Gasteiger partial charge in [0.1, 0.15) is 5.54 Å². The smallest absolute Gasteiger partial charge is 0.122 e. The molecule has 2 aromatic heterocycles. The molecule has 61 heavy (non-hydrogen) atoms. The molecule has 2 nitrogen and oxygen atoms in total. The lowest BCUT2D eigenvalue weighted by Gasteiger charge is -2.37. The number of fused-ring (bicyclic) bond motifs is 9. The quantitative estimate of drug-likeness (QED) is 0.146. The predicted octanol–water partition coefficient (Wildman–Crippen LogP) is 16.1. The van der Waals surface area contributed by atoms with E-state index in [1.165, 1.54) is 91.7 Å². The molecule has 0 fully saturated rings. The zero-order valence-electron chi connectivity index (χ0n) is 33.7. The molecule has 0 radical (unpaired) electrons. The van der Waals surface area contributed by atoms with E-state index in [9.17, 15) is 0 Å². The molecular formula is C58H40N2S. The first-order valence-electron chi connectivity index (χ1n) is 21.0. The number of nitrogens with zero attached hydrogens (tertiary/aromatic N) is 2. The number of rotatable bonds is 7. The fourth-order valence-corrected chi connectivity index (χ4v) is 11.4. The van der Waals surface area contributed by atoms with Crippen molar-refractivity contribution < 1.29 is 0 Å². The molecule has 3 heteroatoms. The Labute approximate surface area is 359 Å². The molecule has 0 amide bonds. The second-order valence-corrected chi connectivity index (χ2v) is 17.4. The van der Waals surface area contributed by atoms with E-state index in [-0.39, 0.29) is 0 Å². The van der Waals surface area contributed by atoms with E-state index < -0.39 is 5.54 Å². The predicted molar refractivity (Wildman–Crippen MR) is 262 cm³/mol. The lowest BCUT2D eigenvalue weighted by molar-refractivity contribution is 0.564. The SMILES string of the molecule is C=C/C=C\c1c(C)sc2cccc(N(c3ccc4ccccc4c3)c3ccc4c(c3)c3ccccc3n4C3(c4ccc5ccccc5c4)c4ccccc4-c4ccccc43)c12. The van der Waals surface area contributed by atoms with E-state index >= 15 is 0 Å². The van der Waals surface area contributed by atoms with Crippen LogP contribution in [0, 0.1) is 6.92 Å². The molecular weight excluding hydrogens is 757 g/mol. The third-order valence-electron chi connectivity index (χ3n) is 12.9. The largest absolute Gasteiger partial charge is 0.322 e. The molecule has 0 aliphatic heterocycles. The van der Waals surface area contributed by atoms with Gasteiger partial charge in [-0.1, -0.05) is 164 Å². The van der Waals surface area contributed by atoms with Crippen LogP contribution in [0.25, 0.3) is 70.6 Å². The number of anilines is 3. The van der Waals surface area contributed by atoms with Gasteiger partial charge in [0.2, 0.25) is 0 Å². The van der Waals surface area contributed by atoms with E-state index in [4.69, 9.17) is 0 Å². The van der Waals surface area contributed by atoms with E-state index in [1.807, 2.05) is 17.4 Å². The van der Waals surface area contributed by atoms with Crippen LogP contribution >= 0.6 is 11.3 Å². The highest BCUT2D eigenvalue weighted by Gasteiger charge is 2.47. The second-order valence-electron chi connectivity index (χ2n) is 16.1. The van der Waals surface area contributed by atoms with Crippen LogP contribution in [0.2, 0.25) is 0 Å². The first kappa shape index (κ1) is 35.5. The minimum Gasteiger partial charge on any atom is -0.322 e. The van der Waals surface area contributed by atoms with Gasteiger partial charge in [0.25, 0.3) is 0 Å². The number of hydrogen-bond acceptors (Lipinski definition) is 2. The van der Waals surface area contributed by atoms with Gasteiger partial charge >= 0.3 is 0 Å². The third-order valence-corrected chi connectivity index (χ3v) is 14.0. The fraction of sp³-hybridized carbons (Fsp3) is 0.0345. The van der Waals surface area contributed by atoms with Crippen LogP contribution in [0.1, 0.15) is 27.1 Å². The standard InChI is InChI=1S/C58H40N2S/c1-3-4-20-46-38(2)61-56-28-15-27-55(57(46)56)59(44-32-30-40-17-6-8-19-42(40)36-44)45-33-34-54-50(37-45)49-23-11-14-26-53(49)60(54)58(43-31-29-39-16-5-7-18-41(39)35-43)51-24-12-9-21-47(51)48-22-10-13-25-52(48)58/h3-37H,1H2,2H3/b20-4-. The van der Waals surface area contributed by atoms with Crippen LogP contribution in [0.4, 0.5) is 17.1 Å². The Morgan fingerprint density at radius 2 is 1.15 bits per heavy atom. The Hall–Kier alpha value is -7.46. The van der Waals surface area contributed by atoms with Gasteiger partial charge in [0, 0.05) is 37.1 Å². The number of para-hydroxylation sites is 1. The zero-order chi connectivity index (χ0) is 40.7.